The second-order valence-electron chi connectivity index (χ2n) is 7.42. The lowest BCUT2D eigenvalue weighted by atomic mass is 10.1. The smallest absolute Gasteiger partial charge is 0.264 e. The monoisotopic (exact) mass is 424 g/mol. The maximum absolute atomic E-state index is 13.2. The molecular weight excluding hydrogens is 403 g/mol. The fraction of sp³-hybridized carbons (Fsp3) is 0.174. The van der Waals surface area contributed by atoms with Crippen LogP contribution < -0.4 is 9.62 Å². The lowest BCUT2D eigenvalue weighted by Crippen LogP contribution is -2.35. The summed E-state index contributed by atoms with van der Waals surface area (Å²) in [4.78, 5) is 12.7. The van der Waals surface area contributed by atoms with E-state index in [1.807, 2.05) is 38.1 Å². The Kier molecular flexibility index (Phi) is 5.07. The molecule has 0 fully saturated rings. The molecule has 0 unspecified atom stereocenters. The zero-order valence-corrected chi connectivity index (χ0v) is 17.4. The van der Waals surface area contributed by atoms with Gasteiger partial charge in [0.1, 0.15) is 5.82 Å². The van der Waals surface area contributed by atoms with Crippen molar-refractivity contribution in [3.63, 3.8) is 0 Å². The van der Waals surface area contributed by atoms with Crippen molar-refractivity contribution in [3.8, 4) is 0 Å². The molecule has 0 radical (unpaired) electrons. The first-order chi connectivity index (χ1) is 14.3. The van der Waals surface area contributed by atoms with Gasteiger partial charge in [-0.2, -0.15) is 0 Å². The van der Waals surface area contributed by atoms with E-state index in [1.54, 1.807) is 18.2 Å². The lowest BCUT2D eigenvalue weighted by Gasteiger charge is -2.24. The molecule has 1 aliphatic heterocycles. The summed E-state index contributed by atoms with van der Waals surface area (Å²) in [5, 5.41) is 2.90. The Morgan fingerprint density at radius 1 is 1.07 bits per heavy atom. The zero-order chi connectivity index (χ0) is 21.5. The number of amides is 1. The van der Waals surface area contributed by atoms with Crippen LogP contribution in [0, 0.1) is 12.7 Å². The van der Waals surface area contributed by atoms with Crippen molar-refractivity contribution in [1.29, 1.82) is 0 Å². The number of nitrogens with zero attached hydrogens (tertiary/aromatic N) is 1. The van der Waals surface area contributed by atoms with E-state index in [-0.39, 0.29) is 16.8 Å². The molecule has 1 heterocycles. The zero-order valence-electron chi connectivity index (χ0n) is 16.6. The third-order valence-electron chi connectivity index (χ3n) is 5.26. The maximum Gasteiger partial charge on any atom is 0.264 e. The number of rotatable bonds is 4. The first-order valence-electron chi connectivity index (χ1n) is 9.57. The molecule has 1 amide bonds. The van der Waals surface area contributed by atoms with Gasteiger partial charge in [0.2, 0.25) is 0 Å². The van der Waals surface area contributed by atoms with Gasteiger partial charge in [0.15, 0.2) is 0 Å². The van der Waals surface area contributed by atoms with Gasteiger partial charge in [-0.15, -0.1) is 0 Å². The Morgan fingerprint density at radius 3 is 2.47 bits per heavy atom. The van der Waals surface area contributed by atoms with Gasteiger partial charge in [-0.1, -0.05) is 18.2 Å². The van der Waals surface area contributed by atoms with E-state index in [9.17, 15) is 17.6 Å². The molecule has 1 N–H and O–H groups in total. The molecule has 5 nitrogen and oxygen atoms in total. The first-order valence-corrected chi connectivity index (χ1v) is 11.0. The minimum atomic E-state index is -3.84. The van der Waals surface area contributed by atoms with Gasteiger partial charge in [-0.05, 0) is 79.9 Å². The van der Waals surface area contributed by atoms with E-state index in [2.05, 4.69) is 5.32 Å². The molecule has 7 heteroatoms. The molecule has 1 atom stereocenters. The molecule has 0 spiro atoms. The number of aryl methyl sites for hydroxylation is 1. The molecule has 3 aromatic rings. The van der Waals surface area contributed by atoms with Crippen LogP contribution in [0.3, 0.4) is 0 Å². The van der Waals surface area contributed by atoms with Crippen molar-refractivity contribution in [2.75, 3.05) is 9.62 Å². The van der Waals surface area contributed by atoms with Gasteiger partial charge in [0.25, 0.3) is 15.9 Å². The SMILES string of the molecule is Cc1ccccc1NC(=O)c1ccc2c(c1)C[C@H](C)N2S(=O)(=O)c1ccc(F)cc1. The largest absolute Gasteiger partial charge is 0.322 e. The predicted molar refractivity (Wildman–Crippen MR) is 115 cm³/mol. The molecule has 0 bridgehead atoms. The number of hydrogen-bond acceptors (Lipinski definition) is 3. The van der Waals surface area contributed by atoms with Gasteiger partial charge in [0, 0.05) is 17.3 Å². The van der Waals surface area contributed by atoms with E-state index in [1.165, 1.54) is 16.4 Å². The van der Waals surface area contributed by atoms with Crippen molar-refractivity contribution in [2.45, 2.75) is 31.2 Å². The summed E-state index contributed by atoms with van der Waals surface area (Å²) in [6.45, 7) is 3.73. The summed E-state index contributed by atoms with van der Waals surface area (Å²) in [5.74, 6) is -0.743. The number of anilines is 2. The number of nitrogens with one attached hydrogen (secondary N) is 1. The van der Waals surface area contributed by atoms with E-state index in [0.29, 0.717) is 17.7 Å². The average Bonchev–Trinajstić information content (AvgIpc) is 3.05. The van der Waals surface area contributed by atoms with Crippen LogP contribution in [-0.2, 0) is 16.4 Å². The van der Waals surface area contributed by atoms with Crippen LogP contribution in [0.25, 0.3) is 0 Å². The minimum absolute atomic E-state index is 0.0324. The highest BCUT2D eigenvalue weighted by Crippen LogP contribution is 2.37. The number of halogens is 1. The Bertz CT molecular complexity index is 1220. The molecule has 4 rings (SSSR count). The van der Waals surface area contributed by atoms with E-state index < -0.39 is 15.8 Å². The number of hydrogen-bond donors (Lipinski definition) is 1. The van der Waals surface area contributed by atoms with Crippen LogP contribution in [0.2, 0.25) is 0 Å². The molecule has 0 saturated carbocycles. The predicted octanol–water partition coefficient (Wildman–Crippen LogP) is 4.53. The molecule has 0 aliphatic carbocycles. The van der Waals surface area contributed by atoms with E-state index in [0.717, 1.165) is 28.9 Å². The maximum atomic E-state index is 13.2. The molecule has 0 aromatic heterocycles. The number of sulfonamides is 1. The number of fused-ring (bicyclic) bond motifs is 1. The molecule has 30 heavy (non-hydrogen) atoms. The molecular formula is C23H21FN2O3S. The van der Waals surface area contributed by atoms with Gasteiger partial charge < -0.3 is 5.32 Å². The lowest BCUT2D eigenvalue weighted by molar-refractivity contribution is 0.102. The average molecular weight is 424 g/mol. The van der Waals surface area contributed by atoms with E-state index >= 15 is 0 Å². The molecule has 0 saturated heterocycles. The fourth-order valence-corrected chi connectivity index (χ4v) is 5.43. The number of carbonyl (C=O) groups is 1. The molecule has 3 aromatic carbocycles. The van der Waals surface area contributed by atoms with Crippen molar-refractivity contribution < 1.29 is 17.6 Å². The minimum Gasteiger partial charge on any atom is -0.322 e. The van der Waals surface area contributed by atoms with Crippen LogP contribution in [0.5, 0.6) is 0 Å². The molecule has 1 aliphatic rings. The first kappa shape index (κ1) is 20.1. The Labute approximate surface area is 175 Å². The van der Waals surface area contributed by atoms with Gasteiger partial charge >= 0.3 is 0 Å². The topological polar surface area (TPSA) is 66.5 Å². The summed E-state index contributed by atoms with van der Waals surface area (Å²) < 4.78 is 40.8. The van der Waals surface area contributed by atoms with Crippen LogP contribution in [-0.4, -0.2) is 20.4 Å². The summed E-state index contributed by atoms with van der Waals surface area (Å²) in [5.41, 5.74) is 3.48. The Morgan fingerprint density at radius 2 is 1.77 bits per heavy atom. The fourth-order valence-electron chi connectivity index (χ4n) is 3.74. The van der Waals surface area contributed by atoms with Crippen LogP contribution in [0.4, 0.5) is 15.8 Å². The normalized spacial score (nSPS) is 15.7. The number of para-hydroxylation sites is 1. The summed E-state index contributed by atoms with van der Waals surface area (Å²) in [6, 6.07) is 17.0. The van der Waals surface area contributed by atoms with Crippen LogP contribution >= 0.6 is 0 Å². The van der Waals surface area contributed by atoms with Crippen molar-refractivity contribution in [1.82, 2.24) is 0 Å². The summed E-state index contributed by atoms with van der Waals surface area (Å²) in [6.07, 6.45) is 0.487. The Balaban J connectivity index is 1.64. The quantitative estimate of drug-likeness (QED) is 0.669. The van der Waals surface area contributed by atoms with Crippen molar-refractivity contribution in [2.24, 2.45) is 0 Å². The highest BCUT2D eigenvalue weighted by Gasteiger charge is 2.36. The van der Waals surface area contributed by atoms with Crippen LogP contribution in [0.15, 0.2) is 71.6 Å². The summed E-state index contributed by atoms with van der Waals surface area (Å²) in [7, 11) is -3.84. The highest BCUT2D eigenvalue weighted by molar-refractivity contribution is 7.92. The van der Waals surface area contributed by atoms with Crippen LogP contribution in [0.1, 0.15) is 28.4 Å². The standard InChI is InChI=1S/C23H21FN2O3S/c1-15-5-3-4-6-21(15)25-23(27)17-7-12-22-18(14-17)13-16(2)26(22)30(28,29)20-10-8-19(24)9-11-20/h3-12,14,16H,13H2,1-2H3,(H,25,27)/t16-/m0/s1. The summed E-state index contributed by atoms with van der Waals surface area (Å²) >= 11 is 0. The Hall–Kier alpha value is -3.19. The second-order valence-corrected chi connectivity index (χ2v) is 9.24. The van der Waals surface area contributed by atoms with Gasteiger partial charge in [-0.25, -0.2) is 12.8 Å². The highest BCUT2D eigenvalue weighted by atomic mass is 32.2. The van der Waals surface area contributed by atoms with E-state index in [4.69, 9.17) is 0 Å². The second kappa shape index (κ2) is 7.57. The number of carbonyl (C=O) groups excluding carboxylic acids is 1. The third kappa shape index (κ3) is 3.57. The number of benzene rings is 3. The molecule has 154 valence electrons. The van der Waals surface area contributed by atoms with Crippen molar-refractivity contribution >= 4 is 27.3 Å². The van der Waals surface area contributed by atoms with Gasteiger partial charge in [0.05, 0.1) is 10.6 Å². The third-order valence-corrected chi connectivity index (χ3v) is 7.20. The van der Waals surface area contributed by atoms with Crippen molar-refractivity contribution in [3.05, 3.63) is 89.2 Å². The van der Waals surface area contributed by atoms with Gasteiger partial charge in [-0.3, -0.25) is 9.10 Å².